The van der Waals surface area contributed by atoms with Crippen LogP contribution in [0.5, 0.6) is 5.75 Å². The van der Waals surface area contributed by atoms with Gasteiger partial charge in [0.05, 0.1) is 18.5 Å². The molecule has 0 saturated carbocycles. The van der Waals surface area contributed by atoms with Crippen LogP contribution in [-0.4, -0.2) is 48.4 Å². The minimum absolute atomic E-state index is 0.00522. The van der Waals surface area contributed by atoms with Crippen molar-refractivity contribution in [1.29, 1.82) is 0 Å². The summed E-state index contributed by atoms with van der Waals surface area (Å²) in [6.45, 7) is 0.870. The van der Waals surface area contributed by atoms with Gasteiger partial charge in [-0.15, -0.1) is 11.6 Å². The molecule has 0 aliphatic carbocycles. The number of halogens is 5. The topological polar surface area (TPSA) is 57.6 Å². The lowest BCUT2D eigenvalue weighted by Gasteiger charge is -2.46. The third-order valence-corrected chi connectivity index (χ3v) is 7.04. The molecule has 5 nitrogen and oxygen atoms in total. The number of piperidine rings is 1. The zero-order valence-corrected chi connectivity index (χ0v) is 21.0. The molecule has 37 heavy (non-hydrogen) atoms. The standard InChI is InChI=1S/C27H28ClF4N3O2/c1-37-23-12-21(29)20(11-22(23)30)19-10-18(13-28)26(33-15-19)35-9-5-8-27(16-35,24(36)25(31)32)34-14-17-6-3-2-4-7-17/h2-4,6-7,10-12,15,24-25,34,36H,5,8-9,13-14,16H2,1H3/t24-,27-/m1/s1. The maximum atomic E-state index is 14.7. The van der Waals surface area contributed by atoms with Crippen molar-refractivity contribution >= 4 is 17.4 Å². The number of nitrogens with one attached hydrogen (secondary N) is 1. The third-order valence-electron chi connectivity index (χ3n) is 6.76. The van der Waals surface area contributed by atoms with Gasteiger partial charge in [0.25, 0.3) is 6.43 Å². The predicted molar refractivity (Wildman–Crippen MR) is 135 cm³/mol. The summed E-state index contributed by atoms with van der Waals surface area (Å²) in [5.41, 5.74) is 0.446. The molecule has 198 valence electrons. The van der Waals surface area contributed by atoms with Gasteiger partial charge in [0.1, 0.15) is 17.7 Å². The molecule has 0 spiro atoms. The van der Waals surface area contributed by atoms with Gasteiger partial charge in [-0.3, -0.25) is 0 Å². The fourth-order valence-corrected chi connectivity index (χ4v) is 5.01. The SMILES string of the molecule is COc1cc(F)c(-c2cnc(N3CCC[C@](NCc4ccccc4)([C@H](O)C(F)F)C3)c(CCl)c2)cc1F. The summed E-state index contributed by atoms with van der Waals surface area (Å²) < 4.78 is 61.3. The minimum Gasteiger partial charge on any atom is -0.494 e. The molecule has 0 bridgehead atoms. The van der Waals surface area contributed by atoms with E-state index in [-0.39, 0.29) is 23.7 Å². The van der Waals surface area contributed by atoms with Crippen LogP contribution < -0.4 is 15.0 Å². The Balaban J connectivity index is 1.64. The van der Waals surface area contributed by atoms with E-state index >= 15 is 0 Å². The van der Waals surface area contributed by atoms with Gasteiger partial charge in [0.2, 0.25) is 0 Å². The first kappa shape index (κ1) is 27.2. The molecule has 1 fully saturated rings. The van der Waals surface area contributed by atoms with Crippen LogP contribution in [0.1, 0.15) is 24.0 Å². The number of pyridine rings is 1. The van der Waals surface area contributed by atoms with Crippen molar-refractivity contribution in [3.8, 4) is 16.9 Å². The van der Waals surface area contributed by atoms with Gasteiger partial charge in [0, 0.05) is 48.6 Å². The second kappa shape index (κ2) is 11.7. The van der Waals surface area contributed by atoms with Crippen LogP contribution in [0.3, 0.4) is 0 Å². The normalized spacial score (nSPS) is 18.8. The van der Waals surface area contributed by atoms with Crippen molar-refractivity contribution in [1.82, 2.24) is 10.3 Å². The maximum absolute atomic E-state index is 14.7. The fraction of sp³-hybridized carbons (Fsp3) is 0.370. The van der Waals surface area contributed by atoms with Crippen molar-refractivity contribution in [2.75, 3.05) is 25.1 Å². The number of benzene rings is 2. The van der Waals surface area contributed by atoms with E-state index in [1.54, 1.807) is 11.0 Å². The van der Waals surface area contributed by atoms with E-state index in [9.17, 15) is 22.7 Å². The lowest BCUT2D eigenvalue weighted by atomic mass is 9.83. The summed E-state index contributed by atoms with van der Waals surface area (Å²) in [7, 11) is 1.25. The predicted octanol–water partition coefficient (Wildman–Crippen LogP) is 5.53. The number of nitrogens with zero attached hydrogens (tertiary/aromatic N) is 2. The number of anilines is 1. The number of rotatable bonds is 9. The second-order valence-electron chi connectivity index (χ2n) is 9.11. The molecule has 3 aromatic rings. The lowest BCUT2D eigenvalue weighted by Crippen LogP contribution is -2.65. The Morgan fingerprint density at radius 2 is 1.92 bits per heavy atom. The van der Waals surface area contributed by atoms with Gasteiger partial charge in [-0.1, -0.05) is 30.3 Å². The van der Waals surface area contributed by atoms with Gasteiger partial charge in [-0.05, 0) is 30.5 Å². The van der Waals surface area contributed by atoms with Gasteiger partial charge < -0.3 is 20.1 Å². The number of hydrogen-bond donors (Lipinski definition) is 2. The van der Waals surface area contributed by atoms with Crippen LogP contribution in [0.15, 0.2) is 54.7 Å². The largest absolute Gasteiger partial charge is 0.494 e. The Kier molecular flexibility index (Phi) is 8.56. The highest BCUT2D eigenvalue weighted by molar-refractivity contribution is 6.17. The molecule has 10 heteroatoms. The molecule has 1 aromatic heterocycles. The number of aliphatic hydroxyl groups is 1. The average Bonchev–Trinajstić information content (AvgIpc) is 2.92. The molecule has 2 heterocycles. The fourth-order valence-electron chi connectivity index (χ4n) is 4.81. The number of aromatic nitrogens is 1. The van der Waals surface area contributed by atoms with Crippen molar-refractivity contribution < 1.29 is 27.4 Å². The molecule has 2 atom stereocenters. The highest BCUT2D eigenvalue weighted by atomic mass is 35.5. The van der Waals surface area contributed by atoms with Gasteiger partial charge >= 0.3 is 0 Å². The first-order chi connectivity index (χ1) is 17.8. The first-order valence-corrected chi connectivity index (χ1v) is 12.4. The molecule has 4 rings (SSSR count). The molecule has 1 aliphatic heterocycles. The number of methoxy groups -OCH3 is 1. The van der Waals surface area contributed by atoms with Crippen molar-refractivity contribution in [2.45, 2.75) is 43.3 Å². The van der Waals surface area contributed by atoms with Gasteiger partial charge in [0.15, 0.2) is 11.6 Å². The second-order valence-corrected chi connectivity index (χ2v) is 9.37. The smallest absolute Gasteiger partial charge is 0.265 e. The molecule has 0 radical (unpaired) electrons. The summed E-state index contributed by atoms with van der Waals surface area (Å²) in [4.78, 5) is 6.28. The molecular formula is C27H28ClF4N3O2. The number of hydrogen-bond acceptors (Lipinski definition) is 5. The molecule has 1 aliphatic rings. The summed E-state index contributed by atoms with van der Waals surface area (Å²) in [5.74, 6) is -1.17. The number of ether oxygens (including phenoxy) is 1. The molecule has 2 aromatic carbocycles. The van der Waals surface area contributed by atoms with Crippen molar-refractivity contribution in [3.63, 3.8) is 0 Å². The molecule has 0 unspecified atom stereocenters. The van der Waals surface area contributed by atoms with E-state index in [0.717, 1.165) is 17.7 Å². The summed E-state index contributed by atoms with van der Waals surface area (Å²) in [6, 6.07) is 12.9. The van der Waals surface area contributed by atoms with Crippen LogP contribution in [0, 0.1) is 11.6 Å². The summed E-state index contributed by atoms with van der Waals surface area (Å²) in [5, 5.41) is 13.8. The lowest BCUT2D eigenvalue weighted by molar-refractivity contribution is -0.0658. The Labute approximate surface area is 218 Å². The number of alkyl halides is 3. The Bertz CT molecular complexity index is 1220. The van der Waals surface area contributed by atoms with E-state index in [1.807, 2.05) is 30.3 Å². The summed E-state index contributed by atoms with van der Waals surface area (Å²) >= 11 is 6.22. The number of aliphatic hydroxyl groups excluding tert-OH is 1. The Morgan fingerprint density at radius 1 is 1.16 bits per heavy atom. The highest BCUT2D eigenvalue weighted by Crippen LogP contribution is 2.35. The van der Waals surface area contributed by atoms with Crippen LogP contribution in [-0.2, 0) is 12.4 Å². The maximum Gasteiger partial charge on any atom is 0.265 e. The van der Waals surface area contributed by atoms with Crippen molar-refractivity contribution in [2.24, 2.45) is 0 Å². The van der Waals surface area contributed by atoms with Gasteiger partial charge in [-0.25, -0.2) is 22.5 Å². The van der Waals surface area contributed by atoms with Crippen molar-refractivity contribution in [3.05, 3.63) is 77.5 Å². The van der Waals surface area contributed by atoms with Crippen LogP contribution in [0.4, 0.5) is 23.4 Å². The molecule has 1 saturated heterocycles. The first-order valence-electron chi connectivity index (χ1n) is 11.9. The Morgan fingerprint density at radius 3 is 2.59 bits per heavy atom. The molecule has 2 N–H and O–H groups in total. The van der Waals surface area contributed by atoms with E-state index in [4.69, 9.17) is 16.3 Å². The molecular weight excluding hydrogens is 510 g/mol. The van der Waals surface area contributed by atoms with E-state index in [2.05, 4.69) is 10.3 Å². The summed E-state index contributed by atoms with van der Waals surface area (Å²) in [6.07, 6.45) is -2.60. The van der Waals surface area contributed by atoms with E-state index < -0.39 is 29.7 Å². The van der Waals surface area contributed by atoms with Gasteiger partial charge in [-0.2, -0.15) is 0 Å². The molecule has 0 amide bonds. The van der Waals surface area contributed by atoms with E-state index in [1.165, 1.54) is 13.3 Å². The highest BCUT2D eigenvalue weighted by Gasteiger charge is 2.46. The average molecular weight is 538 g/mol. The zero-order valence-electron chi connectivity index (χ0n) is 20.2. The van der Waals surface area contributed by atoms with Crippen LogP contribution in [0.25, 0.3) is 11.1 Å². The van der Waals surface area contributed by atoms with Crippen LogP contribution in [0.2, 0.25) is 0 Å². The monoisotopic (exact) mass is 537 g/mol. The third kappa shape index (κ3) is 5.84. The minimum atomic E-state index is -2.95. The zero-order chi connectivity index (χ0) is 26.6. The Hall–Kier alpha value is -2.88. The van der Waals surface area contributed by atoms with Crippen LogP contribution >= 0.6 is 11.6 Å². The quantitative estimate of drug-likeness (QED) is 0.278. The van der Waals surface area contributed by atoms with E-state index in [0.29, 0.717) is 42.9 Å².